The lowest BCUT2D eigenvalue weighted by molar-refractivity contribution is 0.0594. The molecule has 0 radical (unpaired) electrons. The molecule has 18 heavy (non-hydrogen) atoms. The van der Waals surface area contributed by atoms with Gasteiger partial charge in [0, 0.05) is 20.3 Å². The van der Waals surface area contributed by atoms with Crippen LogP contribution in [0.15, 0.2) is 18.2 Å². The maximum Gasteiger partial charge on any atom is 0.356 e. The fraction of sp³-hybridized carbons (Fsp3) is 0.417. The van der Waals surface area contributed by atoms with Crippen LogP contribution < -0.4 is 5.32 Å². The summed E-state index contributed by atoms with van der Waals surface area (Å²) in [6.07, 6.45) is 0.721. The van der Waals surface area contributed by atoms with Crippen molar-refractivity contribution in [3.05, 3.63) is 29.6 Å². The molecule has 0 saturated heterocycles. The monoisotopic (exact) mass is 252 g/mol. The van der Waals surface area contributed by atoms with Gasteiger partial charge in [-0.3, -0.25) is 4.79 Å². The Morgan fingerprint density at radius 1 is 1.28 bits per heavy atom. The number of esters is 1. The Labute approximate surface area is 105 Å². The van der Waals surface area contributed by atoms with E-state index in [1.807, 2.05) is 0 Å². The lowest BCUT2D eigenvalue weighted by Gasteiger charge is -2.05. The molecule has 1 N–H and O–H groups in total. The van der Waals surface area contributed by atoms with Crippen molar-refractivity contribution in [3.63, 3.8) is 0 Å². The zero-order valence-corrected chi connectivity index (χ0v) is 10.4. The molecule has 1 aromatic heterocycles. The van der Waals surface area contributed by atoms with E-state index in [0.29, 0.717) is 13.2 Å². The van der Waals surface area contributed by atoms with Crippen LogP contribution >= 0.6 is 0 Å². The molecule has 0 fully saturated rings. The quantitative estimate of drug-likeness (QED) is 0.593. The largest absolute Gasteiger partial charge is 0.464 e. The SMILES string of the molecule is COCCCNC(=O)c1cccc(C(=O)OC)n1. The molecular formula is C12H16N2O4. The summed E-state index contributed by atoms with van der Waals surface area (Å²) < 4.78 is 9.40. The predicted octanol–water partition coefficient (Wildman–Crippen LogP) is 0.634. The number of methoxy groups -OCH3 is 2. The maximum atomic E-state index is 11.7. The Morgan fingerprint density at radius 3 is 2.67 bits per heavy atom. The van der Waals surface area contributed by atoms with Gasteiger partial charge in [0.05, 0.1) is 7.11 Å². The molecular weight excluding hydrogens is 236 g/mol. The van der Waals surface area contributed by atoms with Gasteiger partial charge >= 0.3 is 5.97 Å². The molecule has 6 heteroatoms. The van der Waals surface area contributed by atoms with Gasteiger partial charge in [-0.15, -0.1) is 0 Å². The summed E-state index contributed by atoms with van der Waals surface area (Å²) in [5, 5.41) is 2.68. The number of carbonyl (C=O) groups is 2. The Morgan fingerprint density at radius 2 is 2.00 bits per heavy atom. The summed E-state index contributed by atoms with van der Waals surface area (Å²) in [6, 6.07) is 4.62. The highest BCUT2D eigenvalue weighted by molar-refractivity contribution is 5.94. The number of nitrogens with one attached hydrogen (secondary N) is 1. The highest BCUT2D eigenvalue weighted by atomic mass is 16.5. The first-order valence-corrected chi connectivity index (χ1v) is 5.51. The van der Waals surface area contributed by atoms with E-state index in [0.717, 1.165) is 6.42 Å². The average molecular weight is 252 g/mol. The lowest BCUT2D eigenvalue weighted by atomic mass is 10.3. The van der Waals surface area contributed by atoms with E-state index in [1.165, 1.54) is 19.2 Å². The normalized spacial score (nSPS) is 9.89. The highest BCUT2D eigenvalue weighted by Crippen LogP contribution is 2.01. The standard InChI is InChI=1S/C12H16N2O4/c1-17-8-4-7-13-11(15)9-5-3-6-10(14-9)12(16)18-2/h3,5-6H,4,7-8H2,1-2H3,(H,13,15). The van der Waals surface area contributed by atoms with E-state index < -0.39 is 5.97 Å². The highest BCUT2D eigenvalue weighted by Gasteiger charge is 2.11. The van der Waals surface area contributed by atoms with Crippen LogP contribution in [0.3, 0.4) is 0 Å². The van der Waals surface area contributed by atoms with Crippen molar-refractivity contribution < 1.29 is 19.1 Å². The number of nitrogens with zero attached hydrogens (tertiary/aromatic N) is 1. The first-order valence-electron chi connectivity index (χ1n) is 5.51. The number of hydrogen-bond acceptors (Lipinski definition) is 5. The van der Waals surface area contributed by atoms with Crippen LogP contribution in [0.1, 0.15) is 27.4 Å². The summed E-state index contributed by atoms with van der Waals surface area (Å²) >= 11 is 0. The van der Waals surface area contributed by atoms with Gasteiger partial charge in [0.25, 0.3) is 5.91 Å². The van der Waals surface area contributed by atoms with Crippen LogP contribution in [0.5, 0.6) is 0 Å². The molecule has 0 unspecified atom stereocenters. The second-order valence-corrected chi connectivity index (χ2v) is 3.50. The fourth-order valence-electron chi connectivity index (χ4n) is 1.29. The van der Waals surface area contributed by atoms with Crippen molar-refractivity contribution in [1.82, 2.24) is 10.3 Å². The number of amides is 1. The zero-order valence-electron chi connectivity index (χ0n) is 10.4. The number of pyridine rings is 1. The van der Waals surface area contributed by atoms with Crippen molar-refractivity contribution in [2.24, 2.45) is 0 Å². The van der Waals surface area contributed by atoms with Gasteiger partial charge in [0.1, 0.15) is 11.4 Å². The molecule has 0 atom stereocenters. The molecule has 0 bridgehead atoms. The summed E-state index contributed by atoms with van der Waals surface area (Å²) in [6.45, 7) is 1.08. The van der Waals surface area contributed by atoms with E-state index in [2.05, 4.69) is 15.0 Å². The molecule has 98 valence electrons. The molecule has 1 aromatic rings. The summed E-state index contributed by atoms with van der Waals surface area (Å²) in [4.78, 5) is 26.9. The number of rotatable bonds is 6. The second kappa shape index (κ2) is 7.39. The molecule has 0 aliphatic rings. The van der Waals surface area contributed by atoms with Crippen molar-refractivity contribution in [2.45, 2.75) is 6.42 Å². The van der Waals surface area contributed by atoms with Crippen LogP contribution in [0.25, 0.3) is 0 Å². The third-order valence-electron chi connectivity index (χ3n) is 2.19. The molecule has 1 amide bonds. The van der Waals surface area contributed by atoms with Crippen LogP contribution in [0, 0.1) is 0 Å². The van der Waals surface area contributed by atoms with E-state index >= 15 is 0 Å². The molecule has 1 heterocycles. The second-order valence-electron chi connectivity index (χ2n) is 3.50. The van der Waals surface area contributed by atoms with Crippen molar-refractivity contribution in [2.75, 3.05) is 27.4 Å². The minimum absolute atomic E-state index is 0.113. The van der Waals surface area contributed by atoms with E-state index in [9.17, 15) is 9.59 Å². The fourth-order valence-corrected chi connectivity index (χ4v) is 1.29. The average Bonchev–Trinajstić information content (AvgIpc) is 2.42. The molecule has 6 nitrogen and oxygen atoms in total. The molecule has 0 spiro atoms. The van der Waals surface area contributed by atoms with Gasteiger partial charge in [-0.05, 0) is 18.6 Å². The Kier molecular flexibility index (Phi) is 5.79. The van der Waals surface area contributed by atoms with Crippen molar-refractivity contribution in [1.29, 1.82) is 0 Å². The summed E-state index contributed by atoms with van der Waals surface area (Å²) in [5.74, 6) is -0.888. The predicted molar refractivity (Wildman–Crippen MR) is 64.4 cm³/mol. The lowest BCUT2D eigenvalue weighted by Crippen LogP contribution is -2.26. The van der Waals surface area contributed by atoms with Crippen LogP contribution in [0.4, 0.5) is 0 Å². The van der Waals surface area contributed by atoms with Gasteiger partial charge in [0.2, 0.25) is 0 Å². The van der Waals surface area contributed by atoms with Gasteiger partial charge < -0.3 is 14.8 Å². The number of hydrogen-bond donors (Lipinski definition) is 1. The topological polar surface area (TPSA) is 77.5 Å². The molecule has 0 aromatic carbocycles. The van der Waals surface area contributed by atoms with Crippen molar-refractivity contribution >= 4 is 11.9 Å². The summed E-state index contributed by atoms with van der Waals surface area (Å²) in [7, 11) is 2.87. The van der Waals surface area contributed by atoms with Gasteiger partial charge in [-0.1, -0.05) is 6.07 Å². The van der Waals surface area contributed by atoms with E-state index in [-0.39, 0.29) is 17.3 Å². The third-order valence-corrected chi connectivity index (χ3v) is 2.19. The minimum Gasteiger partial charge on any atom is -0.464 e. The van der Waals surface area contributed by atoms with Crippen LogP contribution in [0.2, 0.25) is 0 Å². The smallest absolute Gasteiger partial charge is 0.356 e. The molecule has 1 rings (SSSR count). The first-order chi connectivity index (χ1) is 8.69. The van der Waals surface area contributed by atoms with Gasteiger partial charge in [-0.2, -0.15) is 0 Å². The molecule has 0 aliphatic carbocycles. The van der Waals surface area contributed by atoms with E-state index in [4.69, 9.17) is 4.74 Å². The Bertz CT molecular complexity index is 420. The molecule has 0 aliphatic heterocycles. The van der Waals surface area contributed by atoms with Crippen molar-refractivity contribution in [3.8, 4) is 0 Å². The summed E-state index contributed by atoms with van der Waals surface area (Å²) in [5.41, 5.74) is 0.303. The number of ether oxygens (including phenoxy) is 2. The Hall–Kier alpha value is -1.95. The minimum atomic E-state index is -0.566. The maximum absolute atomic E-state index is 11.7. The third kappa shape index (κ3) is 4.14. The van der Waals surface area contributed by atoms with Gasteiger partial charge in [0.15, 0.2) is 0 Å². The Balaban J connectivity index is 2.60. The number of aromatic nitrogens is 1. The number of carbonyl (C=O) groups excluding carboxylic acids is 2. The van der Waals surface area contributed by atoms with Crippen LogP contribution in [-0.2, 0) is 9.47 Å². The van der Waals surface area contributed by atoms with Gasteiger partial charge in [-0.25, -0.2) is 9.78 Å². The zero-order chi connectivity index (χ0) is 13.4. The first kappa shape index (κ1) is 14.1. The van der Waals surface area contributed by atoms with Crippen LogP contribution in [-0.4, -0.2) is 44.2 Å². The van der Waals surface area contributed by atoms with E-state index in [1.54, 1.807) is 13.2 Å². The molecule has 0 saturated carbocycles.